The minimum absolute atomic E-state index is 0.188. The van der Waals surface area contributed by atoms with Crippen LogP contribution in [0, 0.1) is 0 Å². The number of nitrogens with one attached hydrogen (secondary N) is 1. The predicted molar refractivity (Wildman–Crippen MR) is 94.2 cm³/mol. The molecule has 0 unspecified atom stereocenters. The van der Waals surface area contributed by atoms with E-state index < -0.39 is 0 Å². The van der Waals surface area contributed by atoms with E-state index in [0.29, 0.717) is 23.0 Å². The summed E-state index contributed by atoms with van der Waals surface area (Å²) >= 11 is 0. The molecule has 2 aromatic rings. The molecule has 0 atom stereocenters. The first-order valence-electron chi connectivity index (χ1n) is 8.63. The van der Waals surface area contributed by atoms with Crippen LogP contribution < -0.4 is 10.9 Å². The Morgan fingerprint density at radius 1 is 1.17 bits per heavy atom. The van der Waals surface area contributed by atoms with Crippen LogP contribution in [0.25, 0.3) is 10.8 Å². The standard InChI is InChI=1S/C18H24N4O2/c1-21-18(24)15-9-4-3-8-14(15)16(20-21)17(23)19-10-7-13-22-11-5-2-6-12-22/h3-4,8-9H,2,5-7,10-13H2,1H3,(H,19,23). The average Bonchev–Trinajstić information content (AvgIpc) is 2.62. The molecule has 1 aliphatic heterocycles. The van der Waals surface area contributed by atoms with Gasteiger partial charge in [-0.25, -0.2) is 4.68 Å². The quantitative estimate of drug-likeness (QED) is 0.846. The minimum atomic E-state index is -0.222. The molecule has 6 heteroatoms. The van der Waals surface area contributed by atoms with Crippen molar-refractivity contribution in [2.24, 2.45) is 7.05 Å². The first-order chi connectivity index (χ1) is 11.7. The van der Waals surface area contributed by atoms with Crippen LogP contribution in [-0.2, 0) is 7.05 Å². The lowest BCUT2D eigenvalue weighted by atomic mass is 10.1. The number of carbonyl (C=O) groups is 1. The number of rotatable bonds is 5. The highest BCUT2D eigenvalue weighted by Gasteiger charge is 2.15. The largest absolute Gasteiger partial charge is 0.351 e. The van der Waals surface area contributed by atoms with Crippen LogP contribution in [0.1, 0.15) is 36.2 Å². The molecule has 1 amide bonds. The van der Waals surface area contributed by atoms with Crippen LogP contribution in [-0.4, -0.2) is 46.8 Å². The number of benzene rings is 1. The fraction of sp³-hybridized carbons (Fsp3) is 0.500. The zero-order valence-electron chi connectivity index (χ0n) is 14.1. The van der Waals surface area contributed by atoms with Crippen LogP contribution in [0.4, 0.5) is 0 Å². The normalized spacial score (nSPS) is 15.5. The molecule has 0 bridgehead atoms. The SMILES string of the molecule is Cn1nc(C(=O)NCCCN2CCCCC2)c2ccccc2c1=O. The van der Waals surface area contributed by atoms with Gasteiger partial charge in [0.25, 0.3) is 11.5 Å². The molecular weight excluding hydrogens is 304 g/mol. The summed E-state index contributed by atoms with van der Waals surface area (Å²) in [7, 11) is 1.57. The lowest BCUT2D eigenvalue weighted by Crippen LogP contribution is -2.34. The number of fused-ring (bicyclic) bond motifs is 1. The van der Waals surface area contributed by atoms with Gasteiger partial charge in [0.2, 0.25) is 0 Å². The Hall–Kier alpha value is -2.21. The summed E-state index contributed by atoms with van der Waals surface area (Å²) in [5, 5.41) is 8.21. The van der Waals surface area contributed by atoms with Crippen molar-refractivity contribution in [3.05, 3.63) is 40.3 Å². The van der Waals surface area contributed by atoms with E-state index >= 15 is 0 Å². The Labute approximate surface area is 141 Å². The monoisotopic (exact) mass is 328 g/mol. The van der Waals surface area contributed by atoms with Gasteiger partial charge in [0.1, 0.15) is 0 Å². The Kier molecular flexibility index (Phi) is 5.25. The number of amides is 1. The van der Waals surface area contributed by atoms with Gasteiger partial charge in [0.15, 0.2) is 5.69 Å². The second-order valence-electron chi connectivity index (χ2n) is 6.33. The second-order valence-corrected chi connectivity index (χ2v) is 6.33. The Morgan fingerprint density at radius 3 is 2.62 bits per heavy atom. The highest BCUT2D eigenvalue weighted by Crippen LogP contribution is 2.13. The Morgan fingerprint density at radius 2 is 1.88 bits per heavy atom. The van der Waals surface area contributed by atoms with Crippen molar-refractivity contribution in [3.8, 4) is 0 Å². The van der Waals surface area contributed by atoms with Crippen molar-refractivity contribution in [2.75, 3.05) is 26.2 Å². The second kappa shape index (κ2) is 7.57. The number of hydrogen-bond donors (Lipinski definition) is 1. The maximum Gasteiger partial charge on any atom is 0.274 e. The lowest BCUT2D eigenvalue weighted by Gasteiger charge is -2.26. The molecule has 6 nitrogen and oxygen atoms in total. The fourth-order valence-corrected chi connectivity index (χ4v) is 3.24. The van der Waals surface area contributed by atoms with E-state index in [9.17, 15) is 9.59 Å². The molecule has 2 heterocycles. The summed E-state index contributed by atoms with van der Waals surface area (Å²) in [5.41, 5.74) is 0.123. The third-order valence-corrected chi connectivity index (χ3v) is 4.56. The molecule has 128 valence electrons. The number of aryl methyl sites for hydroxylation is 1. The van der Waals surface area contributed by atoms with Crippen molar-refractivity contribution >= 4 is 16.7 Å². The summed E-state index contributed by atoms with van der Waals surface area (Å²) < 4.78 is 1.23. The zero-order chi connectivity index (χ0) is 16.9. The molecule has 0 radical (unpaired) electrons. The van der Waals surface area contributed by atoms with Gasteiger partial charge in [0, 0.05) is 19.0 Å². The summed E-state index contributed by atoms with van der Waals surface area (Å²) in [6, 6.07) is 7.11. The minimum Gasteiger partial charge on any atom is -0.351 e. The van der Waals surface area contributed by atoms with E-state index in [2.05, 4.69) is 15.3 Å². The van der Waals surface area contributed by atoms with Gasteiger partial charge < -0.3 is 10.2 Å². The van der Waals surface area contributed by atoms with Crippen LogP contribution in [0.2, 0.25) is 0 Å². The molecule has 24 heavy (non-hydrogen) atoms. The highest BCUT2D eigenvalue weighted by molar-refractivity contribution is 6.04. The molecule has 1 aliphatic rings. The van der Waals surface area contributed by atoms with Crippen LogP contribution >= 0.6 is 0 Å². The number of aromatic nitrogens is 2. The third-order valence-electron chi connectivity index (χ3n) is 4.56. The molecule has 0 saturated carbocycles. The van der Waals surface area contributed by atoms with E-state index in [1.165, 1.54) is 37.0 Å². The topological polar surface area (TPSA) is 67.2 Å². The van der Waals surface area contributed by atoms with E-state index in [0.717, 1.165) is 13.0 Å². The van der Waals surface area contributed by atoms with Gasteiger partial charge in [0.05, 0.1) is 5.39 Å². The van der Waals surface area contributed by atoms with Gasteiger partial charge in [-0.15, -0.1) is 0 Å². The Balaban J connectivity index is 1.64. The number of hydrogen-bond acceptors (Lipinski definition) is 4. The van der Waals surface area contributed by atoms with Gasteiger partial charge in [-0.1, -0.05) is 24.6 Å². The molecule has 1 N–H and O–H groups in total. The van der Waals surface area contributed by atoms with Gasteiger partial charge in [-0.05, 0) is 45.0 Å². The van der Waals surface area contributed by atoms with Crippen LogP contribution in [0.3, 0.4) is 0 Å². The molecule has 1 fully saturated rings. The zero-order valence-corrected chi connectivity index (χ0v) is 14.1. The van der Waals surface area contributed by atoms with E-state index in [4.69, 9.17) is 0 Å². The van der Waals surface area contributed by atoms with Gasteiger partial charge in [-0.2, -0.15) is 5.10 Å². The van der Waals surface area contributed by atoms with Crippen molar-refractivity contribution < 1.29 is 4.79 Å². The molecule has 1 saturated heterocycles. The highest BCUT2D eigenvalue weighted by atomic mass is 16.2. The third kappa shape index (κ3) is 3.64. The number of piperidine rings is 1. The fourth-order valence-electron chi connectivity index (χ4n) is 3.24. The van der Waals surface area contributed by atoms with Crippen molar-refractivity contribution in [1.29, 1.82) is 0 Å². The van der Waals surface area contributed by atoms with E-state index in [-0.39, 0.29) is 11.5 Å². The number of carbonyl (C=O) groups excluding carboxylic acids is 1. The average molecular weight is 328 g/mol. The first-order valence-corrected chi connectivity index (χ1v) is 8.63. The van der Waals surface area contributed by atoms with Crippen molar-refractivity contribution in [1.82, 2.24) is 20.0 Å². The van der Waals surface area contributed by atoms with Crippen LogP contribution in [0.5, 0.6) is 0 Å². The summed E-state index contributed by atoms with van der Waals surface area (Å²) in [4.78, 5) is 27.0. The summed E-state index contributed by atoms with van der Waals surface area (Å²) in [6.07, 6.45) is 4.81. The molecule has 3 rings (SSSR count). The molecule has 0 aliphatic carbocycles. The molecule has 0 spiro atoms. The predicted octanol–water partition coefficient (Wildman–Crippen LogP) is 1.54. The van der Waals surface area contributed by atoms with Crippen molar-refractivity contribution in [3.63, 3.8) is 0 Å². The summed E-state index contributed by atoms with van der Waals surface area (Å²) in [6.45, 7) is 3.97. The van der Waals surface area contributed by atoms with E-state index in [1.807, 2.05) is 6.07 Å². The van der Waals surface area contributed by atoms with Gasteiger partial charge in [-0.3, -0.25) is 9.59 Å². The number of nitrogens with zero attached hydrogens (tertiary/aromatic N) is 3. The van der Waals surface area contributed by atoms with Crippen molar-refractivity contribution in [2.45, 2.75) is 25.7 Å². The van der Waals surface area contributed by atoms with E-state index in [1.54, 1.807) is 25.2 Å². The number of likely N-dealkylation sites (tertiary alicyclic amines) is 1. The van der Waals surface area contributed by atoms with Gasteiger partial charge >= 0.3 is 0 Å². The van der Waals surface area contributed by atoms with Crippen LogP contribution in [0.15, 0.2) is 29.1 Å². The molecule has 1 aromatic heterocycles. The maximum absolute atomic E-state index is 12.5. The lowest BCUT2D eigenvalue weighted by molar-refractivity contribution is 0.0946. The first kappa shape index (κ1) is 16.6. The maximum atomic E-state index is 12.5. The molecular formula is C18H24N4O2. The molecule has 1 aromatic carbocycles. The smallest absolute Gasteiger partial charge is 0.274 e. The summed E-state index contributed by atoms with van der Waals surface area (Å²) in [5.74, 6) is -0.222. The Bertz CT molecular complexity index is 778.